The molecule has 1 amide bonds. The summed E-state index contributed by atoms with van der Waals surface area (Å²) in [6, 6.07) is 1.35. The molecule has 0 aromatic heterocycles. The van der Waals surface area contributed by atoms with Crippen molar-refractivity contribution in [3.05, 3.63) is 39.4 Å². The maximum atomic E-state index is 13.7. The van der Waals surface area contributed by atoms with Gasteiger partial charge in [-0.25, -0.2) is 4.39 Å². The van der Waals surface area contributed by atoms with Gasteiger partial charge in [0.25, 0.3) is 5.91 Å². The maximum absolute atomic E-state index is 13.7. The van der Waals surface area contributed by atoms with Crippen LogP contribution in [0.2, 0.25) is 0 Å². The first kappa shape index (κ1) is 14.3. The van der Waals surface area contributed by atoms with E-state index in [1.807, 2.05) is 0 Å². The summed E-state index contributed by atoms with van der Waals surface area (Å²) in [6.07, 6.45) is 0. The highest BCUT2D eigenvalue weighted by atomic mass is 35.5. The van der Waals surface area contributed by atoms with Crippen LogP contribution in [-0.4, -0.2) is 35.2 Å². The summed E-state index contributed by atoms with van der Waals surface area (Å²) in [6.45, 7) is 0.0714. The molecule has 18 heavy (non-hydrogen) atoms. The van der Waals surface area contributed by atoms with Gasteiger partial charge < -0.3 is 4.90 Å². The van der Waals surface area contributed by atoms with Crippen molar-refractivity contribution in [3.63, 3.8) is 0 Å². The highest BCUT2D eigenvalue weighted by molar-refractivity contribution is 6.18. The SMILES string of the molecule is CN(CCCl)C(=O)c1c(F)ccc([N+](=O)[O-])c1F. The molecule has 0 N–H and O–H groups in total. The predicted molar refractivity (Wildman–Crippen MR) is 60.7 cm³/mol. The molecule has 1 rings (SSSR count). The molecule has 0 atom stereocenters. The smallest absolute Gasteiger partial charge is 0.305 e. The zero-order chi connectivity index (χ0) is 13.9. The van der Waals surface area contributed by atoms with Gasteiger partial charge in [0.1, 0.15) is 11.4 Å². The minimum Gasteiger partial charge on any atom is -0.340 e. The van der Waals surface area contributed by atoms with Gasteiger partial charge in [-0.15, -0.1) is 11.6 Å². The minimum atomic E-state index is -1.48. The monoisotopic (exact) mass is 278 g/mol. The summed E-state index contributed by atoms with van der Waals surface area (Å²) in [5.41, 5.74) is -1.89. The first-order valence-electron chi connectivity index (χ1n) is 4.84. The average Bonchev–Trinajstić information content (AvgIpc) is 2.28. The van der Waals surface area contributed by atoms with Gasteiger partial charge in [0.15, 0.2) is 0 Å². The number of alkyl halides is 1. The van der Waals surface area contributed by atoms with Crippen molar-refractivity contribution in [2.24, 2.45) is 0 Å². The van der Waals surface area contributed by atoms with Crippen LogP contribution in [-0.2, 0) is 0 Å². The van der Waals surface area contributed by atoms with Crippen LogP contribution in [0, 0.1) is 21.7 Å². The van der Waals surface area contributed by atoms with Crippen LogP contribution < -0.4 is 0 Å². The summed E-state index contributed by atoms with van der Waals surface area (Å²) < 4.78 is 27.1. The summed E-state index contributed by atoms with van der Waals surface area (Å²) in [5, 5.41) is 10.5. The summed E-state index contributed by atoms with van der Waals surface area (Å²) in [7, 11) is 1.29. The molecule has 0 aliphatic carbocycles. The van der Waals surface area contributed by atoms with Crippen LogP contribution in [0.15, 0.2) is 12.1 Å². The summed E-state index contributed by atoms with van der Waals surface area (Å²) in [4.78, 5) is 22.2. The molecule has 0 aliphatic heterocycles. The Balaban J connectivity index is 3.27. The Morgan fingerprint density at radius 1 is 1.50 bits per heavy atom. The highest BCUT2D eigenvalue weighted by Crippen LogP contribution is 2.23. The van der Waals surface area contributed by atoms with E-state index in [1.165, 1.54) is 7.05 Å². The zero-order valence-electron chi connectivity index (χ0n) is 9.32. The number of nitro benzene ring substituents is 1. The van der Waals surface area contributed by atoms with Crippen molar-refractivity contribution in [3.8, 4) is 0 Å². The first-order valence-corrected chi connectivity index (χ1v) is 5.37. The second-order valence-electron chi connectivity index (χ2n) is 3.43. The normalized spacial score (nSPS) is 10.2. The number of carbonyl (C=O) groups is 1. The van der Waals surface area contributed by atoms with E-state index in [4.69, 9.17) is 11.6 Å². The molecule has 8 heteroatoms. The van der Waals surface area contributed by atoms with Crippen molar-refractivity contribution in [2.75, 3.05) is 19.5 Å². The number of amides is 1. The van der Waals surface area contributed by atoms with Gasteiger partial charge in [-0.2, -0.15) is 4.39 Å². The molecule has 0 radical (unpaired) electrons. The van der Waals surface area contributed by atoms with Crippen LogP contribution in [0.4, 0.5) is 14.5 Å². The Morgan fingerprint density at radius 3 is 2.61 bits per heavy atom. The van der Waals surface area contributed by atoms with Crippen molar-refractivity contribution in [2.45, 2.75) is 0 Å². The maximum Gasteiger partial charge on any atom is 0.305 e. The van der Waals surface area contributed by atoms with Gasteiger partial charge in [-0.05, 0) is 6.07 Å². The summed E-state index contributed by atoms with van der Waals surface area (Å²) >= 11 is 5.40. The number of rotatable bonds is 4. The van der Waals surface area contributed by atoms with E-state index >= 15 is 0 Å². The van der Waals surface area contributed by atoms with E-state index in [0.29, 0.717) is 12.1 Å². The molecule has 0 unspecified atom stereocenters. The van der Waals surface area contributed by atoms with E-state index in [2.05, 4.69) is 0 Å². The van der Waals surface area contributed by atoms with Crippen molar-refractivity contribution < 1.29 is 18.5 Å². The number of carbonyl (C=O) groups excluding carboxylic acids is 1. The lowest BCUT2D eigenvalue weighted by Gasteiger charge is -2.16. The zero-order valence-corrected chi connectivity index (χ0v) is 10.1. The molecule has 0 saturated carbocycles. The lowest BCUT2D eigenvalue weighted by atomic mass is 10.1. The van der Waals surface area contributed by atoms with Crippen molar-refractivity contribution >= 4 is 23.2 Å². The highest BCUT2D eigenvalue weighted by Gasteiger charge is 2.27. The molecule has 5 nitrogen and oxygen atoms in total. The average molecular weight is 279 g/mol. The van der Waals surface area contributed by atoms with Crippen LogP contribution in [0.5, 0.6) is 0 Å². The van der Waals surface area contributed by atoms with Gasteiger partial charge in [0, 0.05) is 25.5 Å². The molecule has 1 aromatic carbocycles. The lowest BCUT2D eigenvalue weighted by molar-refractivity contribution is -0.387. The third kappa shape index (κ3) is 2.73. The second-order valence-corrected chi connectivity index (χ2v) is 3.81. The summed E-state index contributed by atoms with van der Waals surface area (Å²) in [5.74, 6) is -3.54. The van der Waals surface area contributed by atoms with Crippen molar-refractivity contribution in [1.82, 2.24) is 4.90 Å². The number of nitro groups is 1. The predicted octanol–water partition coefficient (Wildman–Crippen LogP) is 2.18. The topological polar surface area (TPSA) is 63.5 Å². The quantitative estimate of drug-likeness (QED) is 0.482. The fourth-order valence-corrected chi connectivity index (χ4v) is 1.55. The van der Waals surface area contributed by atoms with Crippen LogP contribution in [0.3, 0.4) is 0 Å². The first-order chi connectivity index (χ1) is 8.40. The number of nitrogens with zero attached hydrogens (tertiary/aromatic N) is 2. The van der Waals surface area contributed by atoms with E-state index in [-0.39, 0.29) is 12.4 Å². The fourth-order valence-electron chi connectivity index (χ4n) is 1.30. The van der Waals surface area contributed by atoms with Crippen LogP contribution >= 0.6 is 11.6 Å². The van der Waals surface area contributed by atoms with Crippen LogP contribution in [0.25, 0.3) is 0 Å². The number of hydrogen-bond acceptors (Lipinski definition) is 3. The third-order valence-corrected chi connectivity index (χ3v) is 2.42. The van der Waals surface area contributed by atoms with Gasteiger partial charge >= 0.3 is 5.69 Å². The minimum absolute atomic E-state index is 0.0714. The van der Waals surface area contributed by atoms with E-state index in [1.54, 1.807) is 0 Å². The Hall–Kier alpha value is -1.76. The molecule has 98 valence electrons. The second kappa shape index (κ2) is 5.72. The van der Waals surface area contributed by atoms with Crippen LogP contribution in [0.1, 0.15) is 10.4 Å². The molecule has 0 saturated heterocycles. The molecule has 0 fully saturated rings. The molecular weight excluding hydrogens is 270 g/mol. The van der Waals surface area contributed by atoms with Crippen molar-refractivity contribution in [1.29, 1.82) is 0 Å². The molecule has 0 spiro atoms. The van der Waals surface area contributed by atoms with Gasteiger partial charge in [-0.3, -0.25) is 14.9 Å². The number of halogens is 3. The Morgan fingerprint density at radius 2 is 2.11 bits per heavy atom. The van der Waals surface area contributed by atoms with Gasteiger partial charge in [0.05, 0.1) is 4.92 Å². The van der Waals surface area contributed by atoms with E-state index in [0.717, 1.165) is 4.90 Å². The standard InChI is InChI=1S/C10H9ClF2N2O3/c1-14(5-4-11)10(16)8-6(12)2-3-7(9(8)13)15(17)18/h2-3H,4-5H2,1H3. The molecular formula is C10H9ClF2N2O3. The van der Waals surface area contributed by atoms with E-state index in [9.17, 15) is 23.7 Å². The van der Waals surface area contributed by atoms with Gasteiger partial charge in [0.2, 0.25) is 5.82 Å². The lowest BCUT2D eigenvalue weighted by Crippen LogP contribution is -2.30. The molecule has 0 heterocycles. The largest absolute Gasteiger partial charge is 0.340 e. The van der Waals surface area contributed by atoms with Gasteiger partial charge in [-0.1, -0.05) is 0 Å². The molecule has 0 bridgehead atoms. The number of benzene rings is 1. The fraction of sp³-hybridized carbons (Fsp3) is 0.300. The molecule has 1 aromatic rings. The Kier molecular flexibility index (Phi) is 4.55. The Labute approximate surface area is 106 Å². The van der Waals surface area contributed by atoms with E-state index < -0.39 is 33.7 Å². The number of hydrogen-bond donors (Lipinski definition) is 0. The molecule has 0 aliphatic rings. The Bertz CT molecular complexity index is 496. The third-order valence-electron chi connectivity index (χ3n) is 2.25.